The Morgan fingerprint density at radius 1 is 1.29 bits per heavy atom. The molecule has 1 aliphatic rings. The standard InChI is InChI=1S/C12H14O2/c1-10-3-2-4-12(9-10)14-11-5-7-13-8-6-11/h1-4,9,11H,5-8H2. The Morgan fingerprint density at radius 3 is 2.79 bits per heavy atom. The van der Waals surface area contributed by atoms with Crippen LogP contribution >= 0.6 is 0 Å². The zero-order valence-electron chi connectivity index (χ0n) is 8.11. The molecule has 2 rings (SSSR count). The van der Waals surface area contributed by atoms with Crippen LogP contribution in [0.4, 0.5) is 0 Å². The fourth-order valence-electron chi connectivity index (χ4n) is 1.57. The second-order valence-electron chi connectivity index (χ2n) is 3.50. The normalized spacial score (nSPS) is 18.1. The molecule has 74 valence electrons. The third-order valence-electron chi connectivity index (χ3n) is 2.33. The molecule has 0 atom stereocenters. The van der Waals surface area contributed by atoms with Gasteiger partial charge in [0.05, 0.1) is 13.2 Å². The van der Waals surface area contributed by atoms with E-state index in [1.807, 2.05) is 24.3 Å². The number of hydrogen-bond donors (Lipinski definition) is 0. The van der Waals surface area contributed by atoms with E-state index in [-0.39, 0.29) is 6.10 Å². The molecular weight excluding hydrogens is 176 g/mol. The van der Waals surface area contributed by atoms with Gasteiger partial charge < -0.3 is 9.47 Å². The molecule has 1 aliphatic heterocycles. The topological polar surface area (TPSA) is 18.5 Å². The van der Waals surface area contributed by atoms with Crippen molar-refractivity contribution in [3.63, 3.8) is 0 Å². The predicted molar refractivity (Wildman–Crippen MR) is 54.3 cm³/mol. The highest BCUT2D eigenvalue weighted by molar-refractivity contribution is 5.30. The number of benzene rings is 1. The molecular formula is C12H14O2. The molecule has 1 heterocycles. The summed E-state index contributed by atoms with van der Waals surface area (Å²) in [6.07, 6.45) is 2.22. The second kappa shape index (κ2) is 4.47. The first-order valence-corrected chi connectivity index (χ1v) is 4.94. The average Bonchev–Trinajstić information content (AvgIpc) is 2.19. The summed E-state index contributed by atoms with van der Waals surface area (Å²) >= 11 is 0. The van der Waals surface area contributed by atoms with Crippen LogP contribution < -0.4 is 4.74 Å². The Kier molecular flexibility index (Phi) is 3.04. The van der Waals surface area contributed by atoms with Gasteiger partial charge in [-0.15, -0.1) is 0 Å². The van der Waals surface area contributed by atoms with Gasteiger partial charge in [0.2, 0.25) is 0 Å². The van der Waals surface area contributed by atoms with Gasteiger partial charge in [-0.25, -0.2) is 0 Å². The molecule has 1 saturated heterocycles. The zero-order valence-corrected chi connectivity index (χ0v) is 8.11. The first kappa shape index (κ1) is 9.53. The molecule has 0 amide bonds. The summed E-state index contributed by atoms with van der Waals surface area (Å²) in [5.74, 6) is 0.858. The van der Waals surface area contributed by atoms with Crippen LogP contribution in [0.3, 0.4) is 0 Å². The molecule has 2 heteroatoms. The molecule has 0 spiro atoms. The average molecular weight is 190 g/mol. The van der Waals surface area contributed by atoms with Crippen LogP contribution in [0.15, 0.2) is 24.3 Å². The summed E-state index contributed by atoms with van der Waals surface area (Å²) in [5.41, 5.74) is 0.745. The van der Waals surface area contributed by atoms with Crippen molar-refractivity contribution in [3.8, 4) is 5.75 Å². The molecule has 0 unspecified atom stereocenters. The van der Waals surface area contributed by atoms with Gasteiger partial charge in [0.15, 0.2) is 0 Å². The van der Waals surface area contributed by atoms with Crippen molar-refractivity contribution in [2.45, 2.75) is 18.9 Å². The molecule has 1 fully saturated rings. The third kappa shape index (κ3) is 2.48. The molecule has 0 aliphatic carbocycles. The lowest BCUT2D eigenvalue weighted by Crippen LogP contribution is -2.25. The molecule has 1 aromatic carbocycles. The Balaban J connectivity index is 1.95. The summed E-state index contributed by atoms with van der Waals surface area (Å²) in [6.45, 7) is 7.26. The van der Waals surface area contributed by atoms with Crippen molar-refractivity contribution in [1.29, 1.82) is 0 Å². The van der Waals surface area contributed by atoms with E-state index in [4.69, 9.17) is 16.4 Å². The van der Waals surface area contributed by atoms with Crippen LogP contribution in [-0.4, -0.2) is 19.3 Å². The Morgan fingerprint density at radius 2 is 2.07 bits per heavy atom. The van der Waals surface area contributed by atoms with E-state index in [0.29, 0.717) is 0 Å². The number of ether oxygens (including phenoxy) is 2. The van der Waals surface area contributed by atoms with Crippen molar-refractivity contribution >= 4 is 0 Å². The smallest absolute Gasteiger partial charge is 0.120 e. The lowest BCUT2D eigenvalue weighted by Gasteiger charge is -2.23. The Bertz CT molecular complexity index is 290. The molecule has 0 saturated carbocycles. The van der Waals surface area contributed by atoms with Gasteiger partial charge in [0.25, 0.3) is 0 Å². The van der Waals surface area contributed by atoms with E-state index in [0.717, 1.165) is 37.4 Å². The minimum Gasteiger partial charge on any atom is -0.490 e. The SMILES string of the molecule is [CH]c1cccc(OC2CCOCC2)c1. The van der Waals surface area contributed by atoms with Gasteiger partial charge in [-0.3, -0.25) is 0 Å². The van der Waals surface area contributed by atoms with Crippen molar-refractivity contribution in [2.24, 2.45) is 0 Å². The largest absolute Gasteiger partial charge is 0.490 e. The van der Waals surface area contributed by atoms with Gasteiger partial charge in [-0.2, -0.15) is 0 Å². The van der Waals surface area contributed by atoms with E-state index >= 15 is 0 Å². The first-order valence-electron chi connectivity index (χ1n) is 4.94. The highest BCUT2D eigenvalue weighted by Crippen LogP contribution is 2.18. The maximum atomic E-state index is 5.78. The Labute approximate surface area is 84.8 Å². The van der Waals surface area contributed by atoms with Crippen molar-refractivity contribution in [2.75, 3.05) is 13.2 Å². The molecule has 0 aromatic heterocycles. The molecule has 0 N–H and O–H groups in total. The van der Waals surface area contributed by atoms with Gasteiger partial charge in [-0.1, -0.05) is 12.1 Å². The summed E-state index contributed by atoms with van der Waals surface area (Å²) in [5, 5.41) is 0. The maximum absolute atomic E-state index is 5.78. The molecule has 2 radical (unpaired) electrons. The molecule has 2 nitrogen and oxygen atoms in total. The minimum atomic E-state index is 0.283. The quantitative estimate of drug-likeness (QED) is 0.712. The van der Waals surface area contributed by atoms with Gasteiger partial charge in [0.1, 0.15) is 11.9 Å². The zero-order chi connectivity index (χ0) is 9.80. The van der Waals surface area contributed by atoms with Crippen LogP contribution in [0.25, 0.3) is 0 Å². The number of rotatable bonds is 2. The van der Waals surface area contributed by atoms with E-state index < -0.39 is 0 Å². The van der Waals surface area contributed by atoms with Crippen LogP contribution in [0.5, 0.6) is 5.75 Å². The fraction of sp³-hybridized carbons (Fsp3) is 0.417. The highest BCUT2D eigenvalue weighted by atomic mass is 16.5. The summed E-state index contributed by atoms with van der Waals surface area (Å²) in [6, 6.07) is 7.56. The molecule has 0 bridgehead atoms. The first-order chi connectivity index (χ1) is 6.84. The van der Waals surface area contributed by atoms with Crippen LogP contribution in [0.1, 0.15) is 18.4 Å². The highest BCUT2D eigenvalue weighted by Gasteiger charge is 2.14. The Hall–Kier alpha value is -1.02. The summed E-state index contributed by atoms with van der Waals surface area (Å²) < 4.78 is 11.0. The van der Waals surface area contributed by atoms with Crippen LogP contribution in [0, 0.1) is 6.92 Å². The van der Waals surface area contributed by atoms with E-state index in [1.165, 1.54) is 0 Å². The van der Waals surface area contributed by atoms with E-state index in [9.17, 15) is 0 Å². The summed E-state index contributed by atoms with van der Waals surface area (Å²) in [7, 11) is 0. The van der Waals surface area contributed by atoms with Gasteiger partial charge in [0, 0.05) is 12.8 Å². The number of hydrogen-bond acceptors (Lipinski definition) is 2. The lowest BCUT2D eigenvalue weighted by atomic mass is 10.1. The van der Waals surface area contributed by atoms with E-state index in [1.54, 1.807) is 0 Å². The van der Waals surface area contributed by atoms with Gasteiger partial charge >= 0.3 is 0 Å². The molecule has 1 aromatic rings. The van der Waals surface area contributed by atoms with Crippen molar-refractivity contribution in [3.05, 3.63) is 36.8 Å². The van der Waals surface area contributed by atoms with Gasteiger partial charge in [-0.05, 0) is 24.6 Å². The summed E-state index contributed by atoms with van der Waals surface area (Å²) in [4.78, 5) is 0. The van der Waals surface area contributed by atoms with E-state index in [2.05, 4.69) is 0 Å². The predicted octanol–water partition coefficient (Wildman–Crippen LogP) is 2.30. The van der Waals surface area contributed by atoms with Crippen LogP contribution in [0.2, 0.25) is 0 Å². The maximum Gasteiger partial charge on any atom is 0.120 e. The second-order valence-corrected chi connectivity index (χ2v) is 3.50. The fourth-order valence-corrected chi connectivity index (χ4v) is 1.57. The van der Waals surface area contributed by atoms with Crippen molar-refractivity contribution < 1.29 is 9.47 Å². The molecule has 14 heavy (non-hydrogen) atoms. The van der Waals surface area contributed by atoms with Crippen LogP contribution in [-0.2, 0) is 4.74 Å². The third-order valence-corrected chi connectivity index (χ3v) is 2.33. The monoisotopic (exact) mass is 190 g/mol. The lowest BCUT2D eigenvalue weighted by molar-refractivity contribution is 0.0255. The minimum absolute atomic E-state index is 0.283. The van der Waals surface area contributed by atoms with Crippen molar-refractivity contribution in [1.82, 2.24) is 0 Å².